The number of anilines is 2. The van der Waals surface area contributed by atoms with Gasteiger partial charge in [-0.1, -0.05) is 0 Å². The van der Waals surface area contributed by atoms with Crippen LogP contribution in [0, 0.1) is 0 Å². The molecule has 2 aliphatic heterocycles. The first-order chi connectivity index (χ1) is 13.4. The first kappa shape index (κ1) is 20.1. The Balaban J connectivity index is 1.94. The second-order valence-corrected chi connectivity index (χ2v) is 7.38. The molecule has 1 aromatic rings. The topological polar surface area (TPSA) is 82.2 Å². The number of fused-ring (bicyclic) bond motifs is 3. The molecule has 152 valence electrons. The molecule has 0 saturated carbocycles. The average molecular weight is 388 g/mol. The standard InChI is InChI=1S/C20H28N4O4/c1-22(2)19(26)14-7-8-15-17(12-14)24(13-18(25)21-9-11-28-3)20(27)16-6-4-5-10-23(15)16/h7-8,12,16H,4-6,9-11,13H2,1-3H3,(H,21,25). The molecule has 2 heterocycles. The Labute approximate surface area is 165 Å². The van der Waals surface area contributed by atoms with E-state index in [0.29, 0.717) is 24.4 Å². The smallest absolute Gasteiger partial charge is 0.253 e. The van der Waals surface area contributed by atoms with Gasteiger partial charge in [0.15, 0.2) is 0 Å². The molecule has 8 nitrogen and oxygen atoms in total. The summed E-state index contributed by atoms with van der Waals surface area (Å²) in [5, 5.41) is 2.76. The zero-order chi connectivity index (χ0) is 20.3. The van der Waals surface area contributed by atoms with Crippen LogP contribution in [0.3, 0.4) is 0 Å². The summed E-state index contributed by atoms with van der Waals surface area (Å²) in [5.74, 6) is -0.464. The Kier molecular flexibility index (Phi) is 6.18. The number of nitrogens with zero attached hydrogens (tertiary/aromatic N) is 3. The Bertz CT molecular complexity index is 765. The molecular formula is C20H28N4O4. The summed E-state index contributed by atoms with van der Waals surface area (Å²) in [4.78, 5) is 43.1. The van der Waals surface area contributed by atoms with Crippen molar-refractivity contribution in [2.45, 2.75) is 25.3 Å². The molecule has 8 heteroatoms. The van der Waals surface area contributed by atoms with Gasteiger partial charge in [-0.25, -0.2) is 0 Å². The summed E-state index contributed by atoms with van der Waals surface area (Å²) in [6.07, 6.45) is 2.80. The van der Waals surface area contributed by atoms with Crippen LogP contribution in [0.5, 0.6) is 0 Å². The van der Waals surface area contributed by atoms with E-state index < -0.39 is 0 Å². The first-order valence-electron chi connectivity index (χ1n) is 9.63. The fraction of sp³-hybridized carbons (Fsp3) is 0.550. The monoisotopic (exact) mass is 388 g/mol. The third-order valence-electron chi connectivity index (χ3n) is 5.21. The van der Waals surface area contributed by atoms with Crippen LogP contribution < -0.4 is 15.1 Å². The molecule has 1 saturated heterocycles. The van der Waals surface area contributed by atoms with Crippen molar-refractivity contribution in [2.24, 2.45) is 0 Å². The Hall–Kier alpha value is -2.61. The van der Waals surface area contributed by atoms with E-state index in [-0.39, 0.29) is 30.3 Å². The molecular weight excluding hydrogens is 360 g/mol. The number of carbonyl (C=O) groups is 3. The van der Waals surface area contributed by atoms with Crippen LogP contribution in [-0.2, 0) is 14.3 Å². The maximum Gasteiger partial charge on any atom is 0.253 e. The molecule has 0 radical (unpaired) electrons. The van der Waals surface area contributed by atoms with E-state index in [1.54, 1.807) is 33.3 Å². The number of rotatable bonds is 6. The van der Waals surface area contributed by atoms with Gasteiger partial charge in [-0.3, -0.25) is 19.3 Å². The lowest BCUT2D eigenvalue weighted by molar-refractivity contribution is -0.125. The highest BCUT2D eigenvalue weighted by atomic mass is 16.5. The van der Waals surface area contributed by atoms with Crippen LogP contribution in [0.4, 0.5) is 11.4 Å². The highest BCUT2D eigenvalue weighted by Gasteiger charge is 2.40. The van der Waals surface area contributed by atoms with Gasteiger partial charge in [0.1, 0.15) is 12.6 Å². The number of hydrogen-bond acceptors (Lipinski definition) is 5. The largest absolute Gasteiger partial charge is 0.383 e. The third-order valence-corrected chi connectivity index (χ3v) is 5.21. The fourth-order valence-corrected chi connectivity index (χ4v) is 3.80. The van der Waals surface area contributed by atoms with Crippen LogP contribution in [0.2, 0.25) is 0 Å². The highest BCUT2D eigenvalue weighted by Crippen LogP contribution is 2.40. The van der Waals surface area contributed by atoms with Crippen molar-refractivity contribution in [2.75, 3.05) is 57.2 Å². The zero-order valence-corrected chi connectivity index (χ0v) is 16.7. The minimum Gasteiger partial charge on any atom is -0.383 e. The summed E-state index contributed by atoms with van der Waals surface area (Å²) in [7, 11) is 4.95. The van der Waals surface area contributed by atoms with E-state index in [1.807, 2.05) is 6.07 Å². The number of carbonyl (C=O) groups excluding carboxylic acids is 3. The summed E-state index contributed by atoms with van der Waals surface area (Å²) in [5.41, 5.74) is 2.03. The molecule has 1 fully saturated rings. The van der Waals surface area contributed by atoms with E-state index >= 15 is 0 Å². The van der Waals surface area contributed by atoms with Crippen molar-refractivity contribution in [1.29, 1.82) is 0 Å². The molecule has 0 aliphatic carbocycles. The molecule has 1 atom stereocenters. The van der Waals surface area contributed by atoms with Crippen molar-refractivity contribution in [1.82, 2.24) is 10.2 Å². The van der Waals surface area contributed by atoms with Crippen LogP contribution in [0.25, 0.3) is 0 Å². The van der Waals surface area contributed by atoms with E-state index in [0.717, 1.165) is 31.5 Å². The van der Waals surface area contributed by atoms with E-state index in [1.165, 1.54) is 9.80 Å². The summed E-state index contributed by atoms with van der Waals surface area (Å²) in [6.45, 7) is 1.53. The molecule has 3 rings (SSSR count). The van der Waals surface area contributed by atoms with E-state index in [4.69, 9.17) is 4.74 Å². The normalized spacial score (nSPS) is 18.4. The molecule has 1 unspecified atom stereocenters. The van der Waals surface area contributed by atoms with Gasteiger partial charge in [0.05, 0.1) is 18.0 Å². The van der Waals surface area contributed by atoms with Gasteiger partial charge in [-0.05, 0) is 37.5 Å². The lowest BCUT2D eigenvalue weighted by Crippen LogP contribution is -2.57. The number of amides is 3. The van der Waals surface area contributed by atoms with Crippen LogP contribution in [-0.4, -0.2) is 76.1 Å². The maximum atomic E-state index is 13.2. The lowest BCUT2D eigenvalue weighted by atomic mass is 9.95. The summed E-state index contributed by atoms with van der Waals surface area (Å²) >= 11 is 0. The van der Waals surface area contributed by atoms with Gasteiger partial charge in [-0.15, -0.1) is 0 Å². The number of methoxy groups -OCH3 is 1. The number of nitrogens with one attached hydrogen (secondary N) is 1. The van der Waals surface area contributed by atoms with Crippen molar-refractivity contribution < 1.29 is 19.1 Å². The fourth-order valence-electron chi connectivity index (χ4n) is 3.80. The van der Waals surface area contributed by atoms with Gasteiger partial charge in [0.25, 0.3) is 5.91 Å². The van der Waals surface area contributed by atoms with Gasteiger partial charge in [0.2, 0.25) is 11.8 Å². The number of benzene rings is 1. The molecule has 1 N–H and O–H groups in total. The van der Waals surface area contributed by atoms with Gasteiger partial charge < -0.3 is 19.9 Å². The van der Waals surface area contributed by atoms with Crippen molar-refractivity contribution in [3.63, 3.8) is 0 Å². The summed E-state index contributed by atoms with van der Waals surface area (Å²) in [6, 6.07) is 5.16. The number of ether oxygens (including phenoxy) is 1. The van der Waals surface area contributed by atoms with Crippen molar-refractivity contribution in [3.05, 3.63) is 23.8 Å². The minimum atomic E-state index is -0.247. The Morgan fingerprint density at radius 3 is 2.75 bits per heavy atom. The van der Waals surface area contributed by atoms with E-state index in [2.05, 4.69) is 10.2 Å². The predicted molar refractivity (Wildman–Crippen MR) is 107 cm³/mol. The lowest BCUT2D eigenvalue weighted by Gasteiger charge is -2.45. The van der Waals surface area contributed by atoms with E-state index in [9.17, 15) is 14.4 Å². The van der Waals surface area contributed by atoms with Crippen molar-refractivity contribution in [3.8, 4) is 0 Å². The molecule has 0 spiro atoms. The minimum absolute atomic E-state index is 0.0699. The molecule has 28 heavy (non-hydrogen) atoms. The second kappa shape index (κ2) is 8.60. The second-order valence-electron chi connectivity index (χ2n) is 7.38. The van der Waals surface area contributed by atoms with Crippen molar-refractivity contribution >= 4 is 29.1 Å². The molecule has 0 aromatic heterocycles. The molecule has 3 amide bonds. The average Bonchev–Trinajstić information content (AvgIpc) is 2.70. The Morgan fingerprint density at radius 2 is 2.04 bits per heavy atom. The Morgan fingerprint density at radius 1 is 1.25 bits per heavy atom. The number of hydrogen-bond donors (Lipinski definition) is 1. The van der Waals surface area contributed by atoms with Gasteiger partial charge >= 0.3 is 0 Å². The van der Waals surface area contributed by atoms with Crippen LogP contribution in [0.1, 0.15) is 29.6 Å². The van der Waals surface area contributed by atoms with Gasteiger partial charge in [-0.2, -0.15) is 0 Å². The highest BCUT2D eigenvalue weighted by molar-refractivity contribution is 6.09. The predicted octanol–water partition coefficient (Wildman–Crippen LogP) is 0.857. The van der Waals surface area contributed by atoms with Crippen LogP contribution in [0.15, 0.2) is 18.2 Å². The molecule has 1 aromatic carbocycles. The van der Waals surface area contributed by atoms with Crippen LogP contribution >= 0.6 is 0 Å². The zero-order valence-electron chi connectivity index (χ0n) is 16.7. The number of piperidine rings is 1. The SMILES string of the molecule is COCCNC(=O)CN1C(=O)C2CCCCN2c2ccc(C(=O)N(C)C)cc21. The third kappa shape index (κ3) is 3.96. The summed E-state index contributed by atoms with van der Waals surface area (Å²) < 4.78 is 4.95. The maximum absolute atomic E-state index is 13.2. The first-order valence-corrected chi connectivity index (χ1v) is 9.63. The molecule has 0 bridgehead atoms. The van der Waals surface area contributed by atoms with Gasteiger partial charge in [0, 0.05) is 39.9 Å². The quantitative estimate of drug-likeness (QED) is 0.731. The molecule has 2 aliphatic rings.